The summed E-state index contributed by atoms with van der Waals surface area (Å²) in [4.78, 5) is 17.5. The molecule has 208 valence electrons. The molecule has 1 heterocycles. The van der Waals surface area contributed by atoms with Crippen molar-refractivity contribution in [1.29, 1.82) is 0 Å². The Bertz CT molecular complexity index is 1450. The molecule has 9 heteroatoms. The van der Waals surface area contributed by atoms with Gasteiger partial charge in [-0.25, -0.2) is 8.42 Å². The number of amides is 1. The maximum Gasteiger partial charge on any atom is 0.261 e. The maximum absolute atomic E-state index is 13.5. The topological polar surface area (TPSA) is 88.2 Å². The van der Waals surface area contributed by atoms with Gasteiger partial charge in [0.25, 0.3) is 15.9 Å². The first kappa shape index (κ1) is 28.3. The van der Waals surface area contributed by atoms with Crippen LogP contribution >= 0.6 is 0 Å². The molecule has 0 bridgehead atoms. The first-order chi connectivity index (χ1) is 18.7. The molecule has 0 atom stereocenters. The molecule has 1 N–H and O–H groups in total. The van der Waals surface area contributed by atoms with Crippen molar-refractivity contribution in [2.24, 2.45) is 0 Å². The largest absolute Gasteiger partial charge is 0.495 e. The number of sulfonamides is 1. The van der Waals surface area contributed by atoms with Crippen LogP contribution in [0, 0.1) is 20.8 Å². The Morgan fingerprint density at radius 3 is 2.33 bits per heavy atom. The third kappa shape index (κ3) is 6.14. The SMILES string of the molecule is CCCOc1ccc(NS(=O)(=O)c2ccc(C)c(C(=O)N3CCN(c4ccccc4OC)CC3)c2)c(C)c1C. The standard InChI is InChI=1S/C30H37N3O5S/c1-6-19-38-28-14-13-26(22(3)23(28)4)31-39(35,36)24-12-11-21(2)25(20-24)30(34)33-17-15-32(16-18-33)27-9-7-8-10-29(27)37-5/h7-14,20,31H,6,15-19H2,1-5H3. The van der Waals surface area contributed by atoms with Gasteiger partial charge in [0.05, 0.1) is 30.0 Å². The molecule has 0 radical (unpaired) electrons. The third-order valence-corrected chi connectivity index (χ3v) is 8.55. The quantitative estimate of drug-likeness (QED) is 0.395. The minimum Gasteiger partial charge on any atom is -0.495 e. The van der Waals surface area contributed by atoms with Gasteiger partial charge in [-0.05, 0) is 80.3 Å². The lowest BCUT2D eigenvalue weighted by Gasteiger charge is -2.36. The minimum absolute atomic E-state index is 0.0486. The summed E-state index contributed by atoms with van der Waals surface area (Å²) >= 11 is 0. The van der Waals surface area contributed by atoms with E-state index in [0.29, 0.717) is 44.0 Å². The van der Waals surface area contributed by atoms with E-state index in [1.54, 1.807) is 30.2 Å². The number of methoxy groups -OCH3 is 1. The van der Waals surface area contributed by atoms with E-state index in [4.69, 9.17) is 9.47 Å². The summed E-state index contributed by atoms with van der Waals surface area (Å²) in [7, 11) is -2.27. The number of piperazine rings is 1. The zero-order valence-electron chi connectivity index (χ0n) is 23.3. The van der Waals surface area contributed by atoms with Gasteiger partial charge in [-0.2, -0.15) is 0 Å². The van der Waals surface area contributed by atoms with Crippen LogP contribution in [0.4, 0.5) is 11.4 Å². The first-order valence-corrected chi connectivity index (χ1v) is 14.7. The van der Waals surface area contributed by atoms with Crippen LogP contribution in [0.3, 0.4) is 0 Å². The van der Waals surface area contributed by atoms with Crippen molar-refractivity contribution >= 4 is 27.3 Å². The molecule has 1 fully saturated rings. The number of ether oxygens (including phenoxy) is 2. The second kappa shape index (κ2) is 12.0. The molecule has 0 saturated carbocycles. The lowest BCUT2D eigenvalue weighted by molar-refractivity contribution is 0.0745. The minimum atomic E-state index is -3.92. The van der Waals surface area contributed by atoms with Crippen molar-refractivity contribution < 1.29 is 22.7 Å². The summed E-state index contributed by atoms with van der Waals surface area (Å²) in [6.45, 7) is 10.6. The summed E-state index contributed by atoms with van der Waals surface area (Å²) in [5, 5.41) is 0. The highest BCUT2D eigenvalue weighted by Crippen LogP contribution is 2.31. The van der Waals surface area contributed by atoms with Gasteiger partial charge >= 0.3 is 0 Å². The van der Waals surface area contributed by atoms with E-state index in [2.05, 4.69) is 9.62 Å². The number of hydrogen-bond acceptors (Lipinski definition) is 6. The lowest BCUT2D eigenvalue weighted by atomic mass is 10.1. The molecule has 3 aromatic carbocycles. The van der Waals surface area contributed by atoms with Crippen LogP contribution < -0.4 is 19.1 Å². The van der Waals surface area contributed by atoms with Crippen molar-refractivity contribution in [3.63, 3.8) is 0 Å². The van der Waals surface area contributed by atoms with Gasteiger partial charge in [0.2, 0.25) is 0 Å². The van der Waals surface area contributed by atoms with E-state index in [1.165, 1.54) is 12.1 Å². The molecule has 3 aromatic rings. The number of rotatable bonds is 9. The second-order valence-electron chi connectivity index (χ2n) is 9.74. The van der Waals surface area contributed by atoms with Gasteiger partial charge in [-0.15, -0.1) is 0 Å². The fourth-order valence-electron chi connectivity index (χ4n) is 4.69. The van der Waals surface area contributed by atoms with Crippen LogP contribution in [0.5, 0.6) is 11.5 Å². The van der Waals surface area contributed by atoms with Crippen LogP contribution in [0.1, 0.15) is 40.4 Å². The van der Waals surface area contributed by atoms with Crippen molar-refractivity contribution in [2.45, 2.75) is 39.0 Å². The van der Waals surface area contributed by atoms with Gasteiger partial charge < -0.3 is 19.3 Å². The average Bonchev–Trinajstić information content (AvgIpc) is 2.95. The van der Waals surface area contributed by atoms with Crippen LogP contribution in [-0.4, -0.2) is 59.1 Å². The van der Waals surface area contributed by atoms with Gasteiger partial charge in [0.15, 0.2) is 0 Å². The smallest absolute Gasteiger partial charge is 0.261 e. The highest BCUT2D eigenvalue weighted by molar-refractivity contribution is 7.92. The highest BCUT2D eigenvalue weighted by Gasteiger charge is 2.26. The Balaban J connectivity index is 1.50. The normalized spacial score (nSPS) is 13.8. The Kier molecular flexibility index (Phi) is 8.70. The number of anilines is 2. The van der Waals surface area contributed by atoms with Crippen molar-refractivity contribution in [1.82, 2.24) is 4.90 Å². The molecule has 4 rings (SSSR count). The van der Waals surface area contributed by atoms with E-state index >= 15 is 0 Å². The zero-order chi connectivity index (χ0) is 28.2. The van der Waals surface area contributed by atoms with Gasteiger partial charge in [0.1, 0.15) is 11.5 Å². The van der Waals surface area contributed by atoms with E-state index in [1.807, 2.05) is 52.0 Å². The molecular formula is C30H37N3O5S. The van der Waals surface area contributed by atoms with Crippen LogP contribution in [0.15, 0.2) is 59.5 Å². The molecule has 1 saturated heterocycles. The van der Waals surface area contributed by atoms with Crippen LogP contribution in [-0.2, 0) is 10.0 Å². The molecule has 1 aliphatic heterocycles. The Labute approximate surface area is 231 Å². The number of carbonyl (C=O) groups is 1. The van der Waals surface area contributed by atoms with E-state index in [9.17, 15) is 13.2 Å². The zero-order valence-corrected chi connectivity index (χ0v) is 24.1. The third-order valence-electron chi connectivity index (χ3n) is 7.19. The number of hydrogen-bond donors (Lipinski definition) is 1. The van der Waals surface area contributed by atoms with Gasteiger partial charge in [0, 0.05) is 31.7 Å². The molecule has 1 amide bonds. The fraction of sp³-hybridized carbons (Fsp3) is 0.367. The van der Waals surface area contributed by atoms with E-state index < -0.39 is 10.0 Å². The molecule has 39 heavy (non-hydrogen) atoms. The van der Waals surface area contributed by atoms with Gasteiger partial charge in [-0.1, -0.05) is 25.1 Å². The Hall–Kier alpha value is -3.72. The number of nitrogens with zero attached hydrogens (tertiary/aromatic N) is 2. The van der Waals surface area contributed by atoms with E-state index in [0.717, 1.165) is 40.3 Å². The van der Waals surface area contributed by atoms with Crippen LogP contribution in [0.2, 0.25) is 0 Å². The summed E-state index contributed by atoms with van der Waals surface area (Å²) in [5.41, 5.74) is 4.28. The average molecular weight is 552 g/mol. The predicted molar refractivity (Wildman–Crippen MR) is 155 cm³/mol. The molecular weight excluding hydrogens is 514 g/mol. The van der Waals surface area contributed by atoms with Gasteiger partial charge in [-0.3, -0.25) is 9.52 Å². The van der Waals surface area contributed by atoms with E-state index in [-0.39, 0.29) is 10.8 Å². The number of aryl methyl sites for hydroxylation is 1. The van der Waals surface area contributed by atoms with Crippen LogP contribution in [0.25, 0.3) is 0 Å². The summed E-state index contributed by atoms with van der Waals surface area (Å²) < 4.78 is 40.7. The summed E-state index contributed by atoms with van der Waals surface area (Å²) in [6.07, 6.45) is 0.888. The van der Waals surface area contributed by atoms with Crippen molar-refractivity contribution in [3.05, 3.63) is 76.9 Å². The van der Waals surface area contributed by atoms with Crippen molar-refractivity contribution in [2.75, 3.05) is 49.5 Å². The highest BCUT2D eigenvalue weighted by atomic mass is 32.2. The molecule has 1 aliphatic rings. The Morgan fingerprint density at radius 1 is 0.923 bits per heavy atom. The first-order valence-electron chi connectivity index (χ1n) is 13.2. The molecule has 0 aromatic heterocycles. The fourth-order valence-corrected chi connectivity index (χ4v) is 5.84. The lowest BCUT2D eigenvalue weighted by Crippen LogP contribution is -2.49. The monoisotopic (exact) mass is 551 g/mol. The number of nitrogens with one attached hydrogen (secondary N) is 1. The Morgan fingerprint density at radius 2 is 1.64 bits per heavy atom. The van der Waals surface area contributed by atoms with Crippen molar-refractivity contribution in [3.8, 4) is 11.5 Å². The number of para-hydroxylation sites is 2. The number of benzene rings is 3. The second-order valence-corrected chi connectivity index (χ2v) is 11.4. The molecule has 8 nitrogen and oxygen atoms in total. The molecule has 0 unspecified atom stereocenters. The molecule has 0 spiro atoms. The predicted octanol–water partition coefficient (Wildman–Crippen LogP) is 5.17. The molecule has 0 aliphatic carbocycles. The maximum atomic E-state index is 13.5. The summed E-state index contributed by atoms with van der Waals surface area (Å²) in [6, 6.07) is 16.0. The number of carbonyl (C=O) groups excluding carboxylic acids is 1. The summed E-state index contributed by atoms with van der Waals surface area (Å²) in [5.74, 6) is 1.37.